The van der Waals surface area contributed by atoms with Crippen molar-refractivity contribution in [2.45, 2.75) is 64.5 Å². The smallest absolute Gasteiger partial charge is 0.0499 e. The zero-order chi connectivity index (χ0) is 12.0. The third kappa shape index (κ3) is 3.72. The van der Waals surface area contributed by atoms with E-state index in [0.717, 1.165) is 25.8 Å². The highest BCUT2D eigenvalue weighted by molar-refractivity contribution is 4.84. The third-order valence-corrected chi connectivity index (χ3v) is 4.32. The number of hydrogen-bond acceptors (Lipinski definition) is 3. The van der Waals surface area contributed by atoms with Crippen LogP contribution in [0.15, 0.2) is 0 Å². The summed E-state index contributed by atoms with van der Waals surface area (Å²) in [6, 6.07) is 0.936. The fourth-order valence-electron chi connectivity index (χ4n) is 2.55. The fraction of sp³-hybridized carbons (Fsp3) is 1.00. The highest BCUT2D eigenvalue weighted by Crippen LogP contribution is 2.26. The van der Waals surface area contributed by atoms with Gasteiger partial charge in [0.15, 0.2) is 0 Å². The Morgan fingerprint density at radius 3 is 2.50 bits per heavy atom. The topological polar surface area (TPSA) is 58.3 Å². The van der Waals surface area contributed by atoms with E-state index in [1.54, 1.807) is 0 Å². The quantitative estimate of drug-likeness (QED) is 0.648. The molecule has 4 N–H and O–H groups in total. The van der Waals surface area contributed by atoms with Gasteiger partial charge in [0, 0.05) is 30.7 Å². The lowest BCUT2D eigenvalue weighted by molar-refractivity contribution is 0.107. The van der Waals surface area contributed by atoms with Crippen LogP contribution in [-0.2, 0) is 0 Å². The molecule has 1 saturated carbocycles. The maximum absolute atomic E-state index is 9.49. The number of aliphatic hydroxyl groups excluding tert-OH is 1. The standard InChI is InChI=1S/C13H28N2O/c1-3-13(4-2,10-16)9-15-12-7-5-6-11(14)8-12/h11-12,15-16H,3-10,14H2,1-2H3. The van der Waals surface area contributed by atoms with Gasteiger partial charge < -0.3 is 16.2 Å². The van der Waals surface area contributed by atoms with Gasteiger partial charge in [-0.05, 0) is 32.1 Å². The maximum Gasteiger partial charge on any atom is 0.0499 e. The summed E-state index contributed by atoms with van der Waals surface area (Å²) in [5.74, 6) is 0. The first-order valence-electron chi connectivity index (χ1n) is 6.75. The normalized spacial score (nSPS) is 27.0. The van der Waals surface area contributed by atoms with E-state index in [4.69, 9.17) is 5.73 Å². The molecule has 3 heteroatoms. The van der Waals surface area contributed by atoms with Gasteiger partial charge in [0.25, 0.3) is 0 Å². The van der Waals surface area contributed by atoms with Crippen LogP contribution in [0.4, 0.5) is 0 Å². The molecule has 16 heavy (non-hydrogen) atoms. The average molecular weight is 228 g/mol. The SMILES string of the molecule is CCC(CC)(CO)CNC1CCCC(N)C1. The lowest BCUT2D eigenvalue weighted by Gasteiger charge is -2.34. The number of aliphatic hydroxyl groups is 1. The molecule has 1 aliphatic rings. The molecule has 0 aromatic carbocycles. The van der Waals surface area contributed by atoms with Crippen LogP contribution in [0.1, 0.15) is 52.4 Å². The molecule has 1 aliphatic carbocycles. The molecule has 1 fully saturated rings. The monoisotopic (exact) mass is 228 g/mol. The van der Waals surface area contributed by atoms with Crippen LogP contribution in [0.2, 0.25) is 0 Å². The maximum atomic E-state index is 9.49. The van der Waals surface area contributed by atoms with Crippen LogP contribution in [0.3, 0.4) is 0 Å². The summed E-state index contributed by atoms with van der Waals surface area (Å²) in [5, 5.41) is 13.1. The zero-order valence-electron chi connectivity index (χ0n) is 10.8. The fourth-order valence-corrected chi connectivity index (χ4v) is 2.55. The average Bonchev–Trinajstić information content (AvgIpc) is 2.32. The Balaban J connectivity index is 2.36. The minimum absolute atomic E-state index is 0.0710. The lowest BCUT2D eigenvalue weighted by atomic mass is 9.82. The molecule has 0 amide bonds. The van der Waals surface area contributed by atoms with E-state index in [9.17, 15) is 5.11 Å². The lowest BCUT2D eigenvalue weighted by Crippen LogP contribution is -2.45. The van der Waals surface area contributed by atoms with Gasteiger partial charge >= 0.3 is 0 Å². The highest BCUT2D eigenvalue weighted by Gasteiger charge is 2.27. The van der Waals surface area contributed by atoms with E-state index < -0.39 is 0 Å². The van der Waals surface area contributed by atoms with Crippen molar-refractivity contribution in [2.75, 3.05) is 13.2 Å². The Morgan fingerprint density at radius 1 is 1.31 bits per heavy atom. The molecule has 0 aliphatic heterocycles. The number of rotatable bonds is 6. The van der Waals surface area contributed by atoms with Crippen LogP contribution in [0.25, 0.3) is 0 Å². The third-order valence-electron chi connectivity index (χ3n) is 4.32. The van der Waals surface area contributed by atoms with Crippen molar-refractivity contribution >= 4 is 0 Å². The van der Waals surface area contributed by atoms with Gasteiger partial charge in [-0.1, -0.05) is 20.3 Å². The van der Waals surface area contributed by atoms with Crippen molar-refractivity contribution in [3.63, 3.8) is 0 Å². The molecule has 0 heterocycles. The van der Waals surface area contributed by atoms with Gasteiger partial charge in [0.1, 0.15) is 0 Å². The molecule has 0 aromatic rings. The van der Waals surface area contributed by atoms with E-state index in [1.807, 2.05) is 0 Å². The van der Waals surface area contributed by atoms with Crippen molar-refractivity contribution in [1.29, 1.82) is 0 Å². The predicted molar refractivity (Wildman–Crippen MR) is 68.3 cm³/mol. The number of nitrogens with one attached hydrogen (secondary N) is 1. The summed E-state index contributed by atoms with van der Waals surface area (Å²) in [5.41, 5.74) is 6.04. The van der Waals surface area contributed by atoms with Crippen LogP contribution < -0.4 is 11.1 Å². The number of hydrogen-bond donors (Lipinski definition) is 3. The van der Waals surface area contributed by atoms with Gasteiger partial charge in [-0.15, -0.1) is 0 Å². The molecule has 0 aromatic heterocycles. The van der Waals surface area contributed by atoms with Crippen molar-refractivity contribution in [3.05, 3.63) is 0 Å². The molecule has 0 saturated heterocycles. The molecule has 0 radical (unpaired) electrons. The Morgan fingerprint density at radius 2 is 2.00 bits per heavy atom. The first kappa shape index (κ1) is 13.9. The Labute approximate surface area is 99.8 Å². The van der Waals surface area contributed by atoms with E-state index in [0.29, 0.717) is 12.1 Å². The second-order valence-corrected chi connectivity index (χ2v) is 5.37. The molecule has 3 nitrogen and oxygen atoms in total. The summed E-state index contributed by atoms with van der Waals surface area (Å²) in [6.45, 7) is 5.53. The van der Waals surface area contributed by atoms with Gasteiger partial charge in [-0.25, -0.2) is 0 Å². The summed E-state index contributed by atoms with van der Waals surface area (Å²) in [6.07, 6.45) is 6.81. The van der Waals surface area contributed by atoms with Gasteiger partial charge in [0.2, 0.25) is 0 Å². The molecule has 96 valence electrons. The minimum atomic E-state index is 0.0710. The van der Waals surface area contributed by atoms with Gasteiger partial charge in [-0.3, -0.25) is 0 Å². The second-order valence-electron chi connectivity index (χ2n) is 5.37. The number of nitrogens with two attached hydrogens (primary N) is 1. The first-order chi connectivity index (χ1) is 7.65. The predicted octanol–water partition coefficient (Wildman–Crippen LogP) is 1.64. The molecule has 2 atom stereocenters. The molecule has 2 unspecified atom stereocenters. The van der Waals surface area contributed by atoms with Crippen LogP contribution >= 0.6 is 0 Å². The van der Waals surface area contributed by atoms with Crippen molar-refractivity contribution in [1.82, 2.24) is 5.32 Å². The Bertz CT molecular complexity index is 184. The van der Waals surface area contributed by atoms with Crippen LogP contribution in [0.5, 0.6) is 0 Å². The molecular weight excluding hydrogens is 200 g/mol. The van der Waals surface area contributed by atoms with Gasteiger partial charge in [-0.2, -0.15) is 0 Å². The molecule has 0 spiro atoms. The second kappa shape index (κ2) is 6.58. The summed E-state index contributed by atoms with van der Waals surface area (Å²) in [7, 11) is 0. The summed E-state index contributed by atoms with van der Waals surface area (Å²) >= 11 is 0. The van der Waals surface area contributed by atoms with E-state index >= 15 is 0 Å². The van der Waals surface area contributed by atoms with E-state index in [1.165, 1.54) is 19.3 Å². The first-order valence-corrected chi connectivity index (χ1v) is 6.75. The van der Waals surface area contributed by atoms with Crippen molar-refractivity contribution in [2.24, 2.45) is 11.1 Å². The molecule has 0 bridgehead atoms. The summed E-state index contributed by atoms with van der Waals surface area (Å²) in [4.78, 5) is 0. The van der Waals surface area contributed by atoms with Crippen molar-refractivity contribution in [3.8, 4) is 0 Å². The zero-order valence-corrected chi connectivity index (χ0v) is 10.8. The van der Waals surface area contributed by atoms with Crippen LogP contribution in [-0.4, -0.2) is 30.3 Å². The molecule has 1 rings (SSSR count). The molecular formula is C13H28N2O. The van der Waals surface area contributed by atoms with Crippen molar-refractivity contribution < 1.29 is 5.11 Å². The Kier molecular flexibility index (Phi) is 5.73. The van der Waals surface area contributed by atoms with E-state index in [-0.39, 0.29) is 12.0 Å². The largest absolute Gasteiger partial charge is 0.396 e. The Hall–Kier alpha value is -0.120. The summed E-state index contributed by atoms with van der Waals surface area (Å²) < 4.78 is 0. The highest BCUT2D eigenvalue weighted by atomic mass is 16.3. The minimum Gasteiger partial charge on any atom is -0.396 e. The van der Waals surface area contributed by atoms with Gasteiger partial charge in [0.05, 0.1) is 0 Å². The van der Waals surface area contributed by atoms with Crippen LogP contribution in [0, 0.1) is 5.41 Å². The van der Waals surface area contributed by atoms with E-state index in [2.05, 4.69) is 19.2 Å².